The lowest BCUT2D eigenvalue weighted by Crippen LogP contribution is -2.03. The number of hydrogen-bond donors (Lipinski definition) is 1. The molecule has 3 rings (SSSR count). The van der Waals surface area contributed by atoms with Crippen molar-refractivity contribution in [3.05, 3.63) is 54.4 Å². The number of fused-ring (bicyclic) bond motifs is 1. The number of rotatable bonds is 2. The molecule has 0 amide bonds. The molecule has 4 heteroatoms. The number of nitriles is 1. The molecule has 1 heterocycles. The normalized spacial score (nSPS) is 10.5. The van der Waals surface area contributed by atoms with E-state index in [2.05, 4.69) is 11.1 Å². The Balaban J connectivity index is 2.35. The molecule has 4 nitrogen and oxygen atoms in total. The van der Waals surface area contributed by atoms with Crippen LogP contribution in [-0.2, 0) is 6.42 Å². The summed E-state index contributed by atoms with van der Waals surface area (Å²) in [5, 5.41) is 8.95. The molecule has 0 spiro atoms. The third-order valence-corrected chi connectivity index (χ3v) is 3.05. The summed E-state index contributed by atoms with van der Waals surface area (Å²) in [5.74, 6) is 0.710. The largest absolute Gasteiger partial charge is 0.397 e. The lowest BCUT2D eigenvalue weighted by Gasteiger charge is -2.10. The van der Waals surface area contributed by atoms with Gasteiger partial charge in [-0.05, 0) is 24.3 Å². The first-order valence-corrected chi connectivity index (χ1v) is 5.99. The van der Waals surface area contributed by atoms with Crippen LogP contribution in [0.5, 0.6) is 0 Å². The molecule has 0 atom stereocenters. The van der Waals surface area contributed by atoms with Crippen molar-refractivity contribution >= 4 is 16.7 Å². The summed E-state index contributed by atoms with van der Waals surface area (Å²) in [5.41, 5.74) is 9.40. The van der Waals surface area contributed by atoms with Crippen molar-refractivity contribution in [2.24, 2.45) is 0 Å². The number of imidazole rings is 1. The van der Waals surface area contributed by atoms with Crippen LogP contribution in [0.2, 0.25) is 0 Å². The first-order valence-electron chi connectivity index (χ1n) is 5.99. The summed E-state index contributed by atoms with van der Waals surface area (Å²) in [7, 11) is 0. The molecule has 0 radical (unpaired) electrons. The summed E-state index contributed by atoms with van der Waals surface area (Å²) in [4.78, 5) is 4.50. The predicted octanol–water partition coefficient (Wildman–Crippen LogP) is 2.67. The SMILES string of the molecule is N#CCc1nc2ccccc2n1-c1ccccc1N. The van der Waals surface area contributed by atoms with Crippen LogP contribution in [0, 0.1) is 11.3 Å². The molecule has 1 aromatic heterocycles. The van der Waals surface area contributed by atoms with Crippen molar-refractivity contribution in [1.82, 2.24) is 9.55 Å². The van der Waals surface area contributed by atoms with Gasteiger partial charge in [-0.1, -0.05) is 24.3 Å². The van der Waals surface area contributed by atoms with Crippen molar-refractivity contribution in [3.63, 3.8) is 0 Å². The van der Waals surface area contributed by atoms with E-state index >= 15 is 0 Å². The predicted molar refractivity (Wildman–Crippen MR) is 74.8 cm³/mol. The van der Waals surface area contributed by atoms with Gasteiger partial charge in [0.15, 0.2) is 0 Å². The van der Waals surface area contributed by atoms with E-state index in [0.717, 1.165) is 16.7 Å². The van der Waals surface area contributed by atoms with Crippen LogP contribution in [0.3, 0.4) is 0 Å². The van der Waals surface area contributed by atoms with E-state index < -0.39 is 0 Å². The molecule has 3 aromatic rings. The minimum Gasteiger partial charge on any atom is -0.397 e. The quantitative estimate of drug-likeness (QED) is 0.709. The van der Waals surface area contributed by atoms with Crippen molar-refractivity contribution < 1.29 is 0 Å². The molecular formula is C15H12N4. The summed E-state index contributed by atoms with van der Waals surface area (Å²) >= 11 is 0. The molecule has 0 saturated carbocycles. The number of nitrogen functional groups attached to an aromatic ring is 1. The van der Waals surface area contributed by atoms with E-state index in [0.29, 0.717) is 11.5 Å². The van der Waals surface area contributed by atoms with Crippen molar-refractivity contribution in [1.29, 1.82) is 5.26 Å². The summed E-state index contributed by atoms with van der Waals surface area (Å²) < 4.78 is 1.95. The smallest absolute Gasteiger partial charge is 0.128 e. The molecule has 2 N–H and O–H groups in total. The Hall–Kier alpha value is -2.80. The monoisotopic (exact) mass is 248 g/mol. The highest BCUT2D eigenvalue weighted by molar-refractivity contribution is 5.80. The number of nitrogens with two attached hydrogens (primary N) is 1. The van der Waals surface area contributed by atoms with Crippen LogP contribution in [0.15, 0.2) is 48.5 Å². The van der Waals surface area contributed by atoms with Crippen LogP contribution in [-0.4, -0.2) is 9.55 Å². The van der Waals surface area contributed by atoms with Crippen LogP contribution in [0.25, 0.3) is 16.7 Å². The fourth-order valence-corrected chi connectivity index (χ4v) is 2.23. The van der Waals surface area contributed by atoms with Gasteiger partial charge in [0.25, 0.3) is 0 Å². The Morgan fingerprint density at radius 3 is 2.63 bits per heavy atom. The zero-order chi connectivity index (χ0) is 13.2. The van der Waals surface area contributed by atoms with Crippen molar-refractivity contribution in [2.45, 2.75) is 6.42 Å². The first-order chi connectivity index (χ1) is 9.31. The van der Waals surface area contributed by atoms with Gasteiger partial charge in [-0.3, -0.25) is 4.57 Å². The fraction of sp³-hybridized carbons (Fsp3) is 0.0667. The minimum absolute atomic E-state index is 0.253. The average Bonchev–Trinajstić information content (AvgIpc) is 2.78. The van der Waals surface area contributed by atoms with Gasteiger partial charge in [-0.25, -0.2) is 4.98 Å². The summed E-state index contributed by atoms with van der Waals surface area (Å²) in [6.07, 6.45) is 0.253. The Morgan fingerprint density at radius 2 is 1.84 bits per heavy atom. The van der Waals surface area contributed by atoms with E-state index in [9.17, 15) is 0 Å². The molecule has 0 saturated heterocycles. The molecule has 92 valence electrons. The lowest BCUT2D eigenvalue weighted by molar-refractivity contribution is 0.956. The Kier molecular flexibility index (Phi) is 2.66. The summed E-state index contributed by atoms with van der Waals surface area (Å²) in [6, 6.07) is 17.6. The number of para-hydroxylation sites is 4. The maximum atomic E-state index is 8.95. The number of benzene rings is 2. The highest BCUT2D eigenvalue weighted by Gasteiger charge is 2.13. The highest BCUT2D eigenvalue weighted by Crippen LogP contribution is 2.25. The summed E-state index contributed by atoms with van der Waals surface area (Å²) in [6.45, 7) is 0. The maximum Gasteiger partial charge on any atom is 0.128 e. The van der Waals surface area contributed by atoms with E-state index in [4.69, 9.17) is 11.0 Å². The van der Waals surface area contributed by atoms with E-state index in [1.807, 2.05) is 53.1 Å². The third kappa shape index (κ3) is 1.81. The average molecular weight is 248 g/mol. The molecular weight excluding hydrogens is 236 g/mol. The molecule has 2 aromatic carbocycles. The van der Waals surface area contributed by atoms with E-state index in [1.165, 1.54) is 0 Å². The minimum atomic E-state index is 0.253. The molecule has 0 aliphatic rings. The highest BCUT2D eigenvalue weighted by atomic mass is 15.1. The molecule has 0 aliphatic carbocycles. The van der Waals surface area contributed by atoms with Crippen LogP contribution in [0.1, 0.15) is 5.82 Å². The van der Waals surface area contributed by atoms with Crippen LogP contribution >= 0.6 is 0 Å². The Labute approximate surface area is 110 Å². The fourth-order valence-electron chi connectivity index (χ4n) is 2.23. The topological polar surface area (TPSA) is 67.6 Å². The van der Waals surface area contributed by atoms with Gasteiger partial charge >= 0.3 is 0 Å². The Morgan fingerprint density at radius 1 is 1.11 bits per heavy atom. The molecule has 0 unspecified atom stereocenters. The van der Waals surface area contributed by atoms with E-state index in [1.54, 1.807) is 0 Å². The van der Waals surface area contributed by atoms with Gasteiger partial charge in [0, 0.05) is 0 Å². The maximum absolute atomic E-state index is 8.95. The van der Waals surface area contributed by atoms with Gasteiger partial charge in [-0.2, -0.15) is 5.26 Å². The molecule has 0 aliphatic heterocycles. The van der Waals surface area contributed by atoms with Gasteiger partial charge in [0.2, 0.25) is 0 Å². The number of aromatic nitrogens is 2. The molecule has 0 bridgehead atoms. The van der Waals surface area contributed by atoms with E-state index in [-0.39, 0.29) is 6.42 Å². The van der Waals surface area contributed by atoms with Crippen molar-refractivity contribution in [2.75, 3.05) is 5.73 Å². The third-order valence-electron chi connectivity index (χ3n) is 3.05. The zero-order valence-corrected chi connectivity index (χ0v) is 10.2. The van der Waals surface area contributed by atoms with Crippen LogP contribution < -0.4 is 5.73 Å². The molecule has 19 heavy (non-hydrogen) atoms. The second-order valence-electron chi connectivity index (χ2n) is 4.25. The number of nitrogens with zero attached hydrogens (tertiary/aromatic N) is 3. The Bertz CT molecular complexity index is 780. The van der Waals surface area contributed by atoms with Gasteiger partial charge < -0.3 is 5.73 Å². The first kappa shape index (κ1) is 11.3. The number of hydrogen-bond acceptors (Lipinski definition) is 3. The molecule has 0 fully saturated rings. The van der Waals surface area contributed by atoms with Gasteiger partial charge in [0.1, 0.15) is 5.82 Å². The second-order valence-corrected chi connectivity index (χ2v) is 4.25. The zero-order valence-electron chi connectivity index (χ0n) is 10.2. The second kappa shape index (κ2) is 4.46. The standard InChI is InChI=1S/C15H12N4/c16-10-9-15-18-12-6-2-4-8-14(12)19(15)13-7-3-1-5-11(13)17/h1-8H,9,17H2. The lowest BCUT2D eigenvalue weighted by atomic mass is 10.2. The number of anilines is 1. The van der Waals surface area contributed by atoms with Gasteiger partial charge in [0.05, 0.1) is 34.9 Å². The van der Waals surface area contributed by atoms with Gasteiger partial charge in [-0.15, -0.1) is 0 Å². The van der Waals surface area contributed by atoms with Crippen LogP contribution in [0.4, 0.5) is 5.69 Å². The van der Waals surface area contributed by atoms with Crippen molar-refractivity contribution in [3.8, 4) is 11.8 Å².